The molecule has 2 rings (SSSR count). The predicted octanol–water partition coefficient (Wildman–Crippen LogP) is 3.15. The number of carbonyl (C=O) groups is 1. The number of nitrogen functional groups attached to an aromatic ring is 1. The summed E-state index contributed by atoms with van der Waals surface area (Å²) >= 11 is 2.17. The molecule has 0 heterocycles. The van der Waals surface area contributed by atoms with Gasteiger partial charge in [-0.25, -0.2) is 0 Å². The van der Waals surface area contributed by atoms with Crippen molar-refractivity contribution < 1.29 is 4.79 Å². The lowest BCUT2D eigenvalue weighted by Gasteiger charge is -2.19. The maximum absolute atomic E-state index is 12.4. The number of nitrogens with two attached hydrogens (primary N) is 1. The van der Waals surface area contributed by atoms with Crippen LogP contribution < -0.4 is 5.73 Å². The van der Waals surface area contributed by atoms with E-state index in [4.69, 9.17) is 5.73 Å². The summed E-state index contributed by atoms with van der Waals surface area (Å²) in [6, 6.07) is 15.2. The van der Waals surface area contributed by atoms with Crippen molar-refractivity contribution >= 4 is 34.2 Å². The molecule has 0 atom stereocenters. The molecule has 0 saturated heterocycles. The first-order valence-electron chi connectivity index (χ1n) is 5.93. The van der Waals surface area contributed by atoms with Crippen molar-refractivity contribution in [2.24, 2.45) is 0 Å². The van der Waals surface area contributed by atoms with Gasteiger partial charge in [-0.2, -0.15) is 0 Å². The SMILES string of the molecule is CN(Cc1ccccc1N)C(=O)c1ccccc1I. The van der Waals surface area contributed by atoms with Gasteiger partial charge in [0, 0.05) is 22.8 Å². The lowest BCUT2D eigenvalue weighted by molar-refractivity contribution is 0.0784. The third-order valence-electron chi connectivity index (χ3n) is 2.91. The molecule has 0 aliphatic rings. The minimum atomic E-state index is 0.00764. The van der Waals surface area contributed by atoms with Gasteiger partial charge in [0.2, 0.25) is 0 Å². The maximum Gasteiger partial charge on any atom is 0.254 e. The van der Waals surface area contributed by atoms with E-state index >= 15 is 0 Å². The molecule has 0 aliphatic carbocycles. The van der Waals surface area contributed by atoms with Gasteiger partial charge in [-0.05, 0) is 46.4 Å². The van der Waals surface area contributed by atoms with Crippen LogP contribution >= 0.6 is 22.6 Å². The molecule has 2 aromatic carbocycles. The van der Waals surface area contributed by atoms with Crippen LogP contribution in [0.15, 0.2) is 48.5 Å². The highest BCUT2D eigenvalue weighted by molar-refractivity contribution is 14.1. The van der Waals surface area contributed by atoms with E-state index in [2.05, 4.69) is 22.6 Å². The third-order valence-corrected chi connectivity index (χ3v) is 3.85. The van der Waals surface area contributed by atoms with E-state index in [9.17, 15) is 4.79 Å². The first kappa shape index (κ1) is 13.9. The van der Waals surface area contributed by atoms with Crippen LogP contribution in [-0.2, 0) is 6.54 Å². The Bertz CT molecular complexity index is 598. The molecule has 0 aromatic heterocycles. The van der Waals surface area contributed by atoms with E-state index in [1.165, 1.54) is 0 Å². The molecule has 0 spiro atoms. The molecule has 2 N–H and O–H groups in total. The van der Waals surface area contributed by atoms with Crippen molar-refractivity contribution in [2.45, 2.75) is 6.54 Å². The molecule has 0 radical (unpaired) electrons. The molecule has 2 aromatic rings. The van der Waals surface area contributed by atoms with E-state index in [-0.39, 0.29) is 5.91 Å². The highest BCUT2D eigenvalue weighted by atomic mass is 127. The molecule has 4 heteroatoms. The van der Waals surface area contributed by atoms with Crippen LogP contribution in [0, 0.1) is 3.57 Å². The molecule has 0 unspecified atom stereocenters. The molecule has 0 saturated carbocycles. The summed E-state index contributed by atoms with van der Waals surface area (Å²) in [6.45, 7) is 0.510. The van der Waals surface area contributed by atoms with E-state index < -0.39 is 0 Å². The number of benzene rings is 2. The Balaban J connectivity index is 2.17. The van der Waals surface area contributed by atoms with Gasteiger partial charge in [-0.1, -0.05) is 30.3 Å². The fourth-order valence-corrected chi connectivity index (χ4v) is 2.46. The van der Waals surface area contributed by atoms with Crippen LogP contribution in [0.5, 0.6) is 0 Å². The molecule has 98 valence electrons. The van der Waals surface area contributed by atoms with Gasteiger partial charge < -0.3 is 10.6 Å². The van der Waals surface area contributed by atoms with Crippen molar-refractivity contribution in [3.8, 4) is 0 Å². The molecular formula is C15H15IN2O. The standard InChI is InChI=1S/C15H15IN2O/c1-18(10-11-6-2-5-9-14(11)17)15(19)12-7-3-4-8-13(12)16/h2-9H,10,17H2,1H3. The fraction of sp³-hybridized carbons (Fsp3) is 0.133. The quantitative estimate of drug-likeness (QED) is 0.670. The summed E-state index contributed by atoms with van der Waals surface area (Å²) in [4.78, 5) is 14.0. The largest absolute Gasteiger partial charge is 0.398 e. The topological polar surface area (TPSA) is 46.3 Å². The Hall–Kier alpha value is -1.56. The number of rotatable bonds is 3. The molecule has 1 amide bonds. The fourth-order valence-electron chi connectivity index (χ4n) is 1.85. The summed E-state index contributed by atoms with van der Waals surface area (Å²) in [5.74, 6) is 0.00764. The van der Waals surface area contributed by atoms with E-state index in [1.807, 2.05) is 48.5 Å². The van der Waals surface area contributed by atoms with Gasteiger partial charge in [-0.3, -0.25) is 4.79 Å². The van der Waals surface area contributed by atoms with E-state index in [1.54, 1.807) is 11.9 Å². The number of anilines is 1. The highest BCUT2D eigenvalue weighted by Gasteiger charge is 2.15. The van der Waals surface area contributed by atoms with Crippen LogP contribution in [0.4, 0.5) is 5.69 Å². The van der Waals surface area contributed by atoms with Crippen LogP contribution in [0.3, 0.4) is 0 Å². The van der Waals surface area contributed by atoms with Gasteiger partial charge in [-0.15, -0.1) is 0 Å². The number of hydrogen-bond acceptors (Lipinski definition) is 2. The second-order valence-electron chi connectivity index (χ2n) is 4.34. The number of hydrogen-bond donors (Lipinski definition) is 1. The molecule has 3 nitrogen and oxygen atoms in total. The molecule has 0 fully saturated rings. The van der Waals surface area contributed by atoms with Crippen molar-refractivity contribution in [1.82, 2.24) is 4.90 Å². The zero-order valence-corrected chi connectivity index (χ0v) is 12.8. The van der Waals surface area contributed by atoms with E-state index in [0.29, 0.717) is 12.2 Å². The highest BCUT2D eigenvalue weighted by Crippen LogP contribution is 2.17. The second-order valence-corrected chi connectivity index (χ2v) is 5.50. The molecule has 19 heavy (non-hydrogen) atoms. The number of nitrogens with zero attached hydrogens (tertiary/aromatic N) is 1. The lowest BCUT2D eigenvalue weighted by atomic mass is 10.1. The zero-order valence-electron chi connectivity index (χ0n) is 10.6. The minimum absolute atomic E-state index is 0.00764. The van der Waals surface area contributed by atoms with Gasteiger partial charge >= 0.3 is 0 Å². The Morgan fingerprint density at radius 2 is 1.79 bits per heavy atom. The monoisotopic (exact) mass is 366 g/mol. The van der Waals surface area contributed by atoms with Gasteiger partial charge in [0.1, 0.15) is 0 Å². The lowest BCUT2D eigenvalue weighted by Crippen LogP contribution is -2.27. The zero-order chi connectivity index (χ0) is 13.8. The molecular weight excluding hydrogens is 351 g/mol. The van der Waals surface area contributed by atoms with Crippen LogP contribution in [-0.4, -0.2) is 17.9 Å². The predicted molar refractivity (Wildman–Crippen MR) is 85.8 cm³/mol. The smallest absolute Gasteiger partial charge is 0.254 e. The summed E-state index contributed by atoms with van der Waals surface area (Å²) in [5, 5.41) is 0. The van der Waals surface area contributed by atoms with Crippen molar-refractivity contribution in [2.75, 3.05) is 12.8 Å². The number of para-hydroxylation sites is 1. The Kier molecular flexibility index (Phi) is 4.42. The first-order chi connectivity index (χ1) is 9.09. The average Bonchev–Trinajstić information content (AvgIpc) is 2.41. The van der Waals surface area contributed by atoms with Gasteiger partial charge in [0.05, 0.1) is 5.56 Å². The van der Waals surface area contributed by atoms with Crippen LogP contribution in [0.25, 0.3) is 0 Å². The summed E-state index contributed by atoms with van der Waals surface area (Å²) in [5.41, 5.74) is 8.30. The normalized spacial score (nSPS) is 10.2. The Morgan fingerprint density at radius 1 is 1.16 bits per heavy atom. The summed E-state index contributed by atoms with van der Waals surface area (Å²) in [7, 11) is 1.79. The second kappa shape index (κ2) is 6.06. The van der Waals surface area contributed by atoms with Gasteiger partial charge in [0.25, 0.3) is 5.91 Å². The third kappa shape index (κ3) is 3.26. The van der Waals surface area contributed by atoms with Crippen molar-refractivity contribution in [1.29, 1.82) is 0 Å². The van der Waals surface area contributed by atoms with E-state index in [0.717, 1.165) is 14.7 Å². The van der Waals surface area contributed by atoms with Gasteiger partial charge in [0.15, 0.2) is 0 Å². The minimum Gasteiger partial charge on any atom is -0.398 e. The average molecular weight is 366 g/mol. The molecule has 0 aliphatic heterocycles. The van der Waals surface area contributed by atoms with Crippen molar-refractivity contribution in [3.05, 3.63) is 63.2 Å². The molecule has 0 bridgehead atoms. The number of carbonyl (C=O) groups excluding carboxylic acids is 1. The van der Waals surface area contributed by atoms with Crippen molar-refractivity contribution in [3.63, 3.8) is 0 Å². The Morgan fingerprint density at radius 3 is 2.47 bits per heavy atom. The van der Waals surface area contributed by atoms with Crippen LogP contribution in [0.2, 0.25) is 0 Å². The maximum atomic E-state index is 12.4. The number of halogens is 1. The Labute approximate surface area is 126 Å². The van der Waals surface area contributed by atoms with Crippen LogP contribution in [0.1, 0.15) is 15.9 Å². The number of amides is 1. The first-order valence-corrected chi connectivity index (χ1v) is 7.01. The summed E-state index contributed by atoms with van der Waals surface area (Å²) < 4.78 is 0.956. The summed E-state index contributed by atoms with van der Waals surface area (Å²) in [6.07, 6.45) is 0.